The monoisotopic (exact) mass is 232 g/mol. The molecule has 0 radical (unpaired) electrons. The van der Waals surface area contributed by atoms with Gasteiger partial charge in [0.25, 0.3) is 0 Å². The van der Waals surface area contributed by atoms with E-state index in [9.17, 15) is 0 Å². The van der Waals surface area contributed by atoms with Crippen molar-refractivity contribution in [3.8, 4) is 0 Å². The van der Waals surface area contributed by atoms with Gasteiger partial charge in [0.05, 0.1) is 6.04 Å². The summed E-state index contributed by atoms with van der Waals surface area (Å²) < 4.78 is 0. The molecule has 0 aliphatic heterocycles. The van der Waals surface area contributed by atoms with Crippen LogP contribution >= 0.6 is 0 Å². The second-order valence-corrected chi connectivity index (χ2v) is 3.77. The quantitative estimate of drug-likeness (QED) is 0.711. The minimum atomic E-state index is 0.0747. The number of nitrogens with two attached hydrogens (primary N) is 1. The van der Waals surface area contributed by atoms with Crippen molar-refractivity contribution >= 4 is 5.82 Å². The number of rotatable bonds is 5. The zero-order valence-electron chi connectivity index (χ0n) is 9.72. The van der Waals surface area contributed by atoms with E-state index in [1.807, 2.05) is 13.0 Å². The number of anilines is 1. The van der Waals surface area contributed by atoms with Crippen molar-refractivity contribution in [2.45, 2.75) is 19.4 Å². The number of aromatic amines is 1. The Labute approximate surface area is 99.7 Å². The third-order valence-electron chi connectivity index (χ3n) is 2.42. The van der Waals surface area contributed by atoms with E-state index < -0.39 is 0 Å². The van der Waals surface area contributed by atoms with Crippen molar-refractivity contribution in [3.05, 3.63) is 36.3 Å². The molecule has 6 nitrogen and oxygen atoms in total. The molecule has 1 atom stereocenters. The lowest BCUT2D eigenvalue weighted by Gasteiger charge is -2.12. The highest BCUT2D eigenvalue weighted by atomic mass is 15.1. The molecule has 17 heavy (non-hydrogen) atoms. The Morgan fingerprint density at radius 1 is 1.41 bits per heavy atom. The van der Waals surface area contributed by atoms with Crippen LogP contribution in [0.1, 0.15) is 24.5 Å². The van der Waals surface area contributed by atoms with E-state index in [1.165, 1.54) is 0 Å². The lowest BCUT2D eigenvalue weighted by Crippen LogP contribution is -2.11. The van der Waals surface area contributed by atoms with Crippen LogP contribution in [-0.4, -0.2) is 26.5 Å². The fourth-order valence-electron chi connectivity index (χ4n) is 1.57. The third-order valence-corrected chi connectivity index (χ3v) is 2.42. The van der Waals surface area contributed by atoms with Gasteiger partial charge in [-0.15, -0.1) is 0 Å². The third kappa shape index (κ3) is 3.01. The maximum Gasteiger partial charge on any atom is 0.130 e. The van der Waals surface area contributed by atoms with Crippen LogP contribution in [0.3, 0.4) is 0 Å². The topological polar surface area (TPSA) is 92.5 Å². The number of hydrogen-bond donors (Lipinski definition) is 3. The first-order chi connectivity index (χ1) is 8.29. The molecule has 0 aliphatic rings. The molecule has 2 heterocycles. The molecule has 2 aromatic heterocycles. The zero-order chi connectivity index (χ0) is 12.1. The van der Waals surface area contributed by atoms with Crippen molar-refractivity contribution in [3.63, 3.8) is 0 Å². The summed E-state index contributed by atoms with van der Waals surface area (Å²) in [7, 11) is 0. The van der Waals surface area contributed by atoms with Crippen LogP contribution in [0, 0.1) is 0 Å². The van der Waals surface area contributed by atoms with Crippen LogP contribution in [0.25, 0.3) is 0 Å². The highest BCUT2D eigenvalue weighted by molar-refractivity contribution is 5.36. The minimum absolute atomic E-state index is 0.0747. The van der Waals surface area contributed by atoms with E-state index >= 15 is 0 Å². The Morgan fingerprint density at radius 2 is 2.29 bits per heavy atom. The van der Waals surface area contributed by atoms with E-state index in [1.54, 1.807) is 18.7 Å². The van der Waals surface area contributed by atoms with Crippen molar-refractivity contribution in [2.24, 2.45) is 5.73 Å². The Morgan fingerprint density at radius 3 is 3.00 bits per heavy atom. The molecule has 0 bridgehead atoms. The van der Waals surface area contributed by atoms with Crippen LogP contribution in [0.4, 0.5) is 5.82 Å². The molecule has 0 saturated heterocycles. The van der Waals surface area contributed by atoms with Crippen LogP contribution in [0.2, 0.25) is 0 Å². The number of nitrogens with zero attached hydrogens (tertiary/aromatic N) is 3. The molecular weight excluding hydrogens is 216 g/mol. The number of imidazole rings is 1. The first kappa shape index (κ1) is 11.5. The van der Waals surface area contributed by atoms with Crippen LogP contribution in [0.5, 0.6) is 0 Å². The molecule has 0 fully saturated rings. The lowest BCUT2D eigenvalue weighted by atomic mass is 10.2. The first-order valence-corrected chi connectivity index (χ1v) is 5.56. The van der Waals surface area contributed by atoms with Crippen molar-refractivity contribution in [1.29, 1.82) is 0 Å². The average Bonchev–Trinajstić information content (AvgIpc) is 2.83. The number of H-pyrrole nitrogens is 1. The second-order valence-electron chi connectivity index (χ2n) is 3.77. The number of aromatic nitrogens is 4. The zero-order valence-corrected chi connectivity index (χ0v) is 9.72. The van der Waals surface area contributed by atoms with Gasteiger partial charge in [-0.25, -0.2) is 15.0 Å². The summed E-state index contributed by atoms with van der Waals surface area (Å²) in [6.07, 6.45) is 5.83. The van der Waals surface area contributed by atoms with Crippen molar-refractivity contribution in [1.82, 2.24) is 19.9 Å². The maximum absolute atomic E-state index is 5.49. The van der Waals surface area contributed by atoms with E-state index in [-0.39, 0.29) is 6.04 Å². The molecule has 6 heteroatoms. The molecule has 0 saturated carbocycles. The molecule has 0 aliphatic carbocycles. The van der Waals surface area contributed by atoms with Gasteiger partial charge in [-0.3, -0.25) is 0 Å². The normalized spacial score (nSPS) is 12.4. The molecule has 2 aromatic rings. The van der Waals surface area contributed by atoms with E-state index in [0.717, 1.165) is 23.8 Å². The van der Waals surface area contributed by atoms with Gasteiger partial charge < -0.3 is 16.0 Å². The van der Waals surface area contributed by atoms with Gasteiger partial charge in [0.15, 0.2) is 0 Å². The smallest absolute Gasteiger partial charge is 0.130 e. The van der Waals surface area contributed by atoms with Crippen LogP contribution in [0.15, 0.2) is 24.8 Å². The molecule has 0 spiro atoms. The van der Waals surface area contributed by atoms with Crippen LogP contribution in [-0.2, 0) is 6.42 Å². The summed E-state index contributed by atoms with van der Waals surface area (Å²) in [5.41, 5.74) is 6.43. The molecule has 2 rings (SSSR count). The van der Waals surface area contributed by atoms with E-state index in [2.05, 4.69) is 25.3 Å². The lowest BCUT2D eigenvalue weighted by molar-refractivity contribution is 0.799. The number of hydrogen-bond acceptors (Lipinski definition) is 5. The molecular formula is C11H16N6. The molecule has 0 aromatic carbocycles. The van der Waals surface area contributed by atoms with Crippen LogP contribution < -0.4 is 11.1 Å². The van der Waals surface area contributed by atoms with Gasteiger partial charge in [-0.05, 0) is 13.5 Å². The highest BCUT2D eigenvalue weighted by Gasteiger charge is 2.08. The fourth-order valence-corrected chi connectivity index (χ4v) is 1.57. The van der Waals surface area contributed by atoms with Crippen molar-refractivity contribution < 1.29 is 0 Å². The second kappa shape index (κ2) is 5.40. The Hall–Kier alpha value is -1.95. The average molecular weight is 232 g/mol. The summed E-state index contributed by atoms with van der Waals surface area (Å²) in [5, 5.41) is 3.26. The molecule has 90 valence electrons. The Balaban J connectivity index is 2.05. The standard InChI is InChI=1S/C11H16N6/c1-8(11-13-4-5-14-11)17-10-6-9(2-3-12)15-7-16-10/h4-8H,2-3,12H2,1H3,(H,13,14)(H,15,16,17). The highest BCUT2D eigenvalue weighted by Crippen LogP contribution is 2.14. The van der Waals surface area contributed by atoms with E-state index in [4.69, 9.17) is 5.73 Å². The SMILES string of the molecule is CC(Nc1cc(CCN)ncn1)c1ncc[nH]1. The Kier molecular flexibility index (Phi) is 3.66. The first-order valence-electron chi connectivity index (χ1n) is 5.56. The van der Waals surface area contributed by atoms with Gasteiger partial charge in [0, 0.05) is 30.6 Å². The summed E-state index contributed by atoms with van der Waals surface area (Å²) in [6, 6.07) is 1.98. The summed E-state index contributed by atoms with van der Waals surface area (Å²) in [5.74, 6) is 1.66. The number of nitrogens with one attached hydrogen (secondary N) is 2. The summed E-state index contributed by atoms with van der Waals surface area (Å²) in [4.78, 5) is 15.6. The predicted molar refractivity (Wildman–Crippen MR) is 65.4 cm³/mol. The molecule has 4 N–H and O–H groups in total. The largest absolute Gasteiger partial charge is 0.360 e. The maximum atomic E-state index is 5.49. The molecule has 1 unspecified atom stereocenters. The van der Waals surface area contributed by atoms with Gasteiger partial charge >= 0.3 is 0 Å². The van der Waals surface area contributed by atoms with Gasteiger partial charge in [0.1, 0.15) is 18.0 Å². The minimum Gasteiger partial charge on any atom is -0.360 e. The van der Waals surface area contributed by atoms with Gasteiger partial charge in [-0.2, -0.15) is 0 Å². The van der Waals surface area contributed by atoms with E-state index in [0.29, 0.717) is 6.54 Å². The predicted octanol–water partition coefficient (Wildman–Crippen LogP) is 0.874. The summed E-state index contributed by atoms with van der Waals surface area (Å²) >= 11 is 0. The van der Waals surface area contributed by atoms with Gasteiger partial charge in [0.2, 0.25) is 0 Å². The summed E-state index contributed by atoms with van der Waals surface area (Å²) in [6.45, 7) is 2.60. The van der Waals surface area contributed by atoms with Crippen molar-refractivity contribution in [2.75, 3.05) is 11.9 Å². The Bertz CT molecular complexity index is 453. The fraction of sp³-hybridized carbons (Fsp3) is 0.364. The van der Waals surface area contributed by atoms with Gasteiger partial charge in [-0.1, -0.05) is 0 Å². The molecule has 0 amide bonds.